The van der Waals surface area contributed by atoms with Crippen molar-refractivity contribution in [1.29, 1.82) is 0 Å². The van der Waals surface area contributed by atoms with Gasteiger partial charge in [0, 0.05) is 18.8 Å². The maximum atomic E-state index is 3.77. The number of rotatable bonds is 5. The van der Waals surface area contributed by atoms with Gasteiger partial charge in [-0.3, -0.25) is 0 Å². The highest BCUT2D eigenvalue weighted by molar-refractivity contribution is 5.06. The molecule has 1 heteroatoms. The van der Waals surface area contributed by atoms with E-state index in [1.54, 1.807) is 0 Å². The molecule has 0 aromatic carbocycles. The van der Waals surface area contributed by atoms with E-state index in [1.807, 2.05) is 12.2 Å². The van der Waals surface area contributed by atoms with Gasteiger partial charge < -0.3 is 4.90 Å². The third-order valence-corrected chi connectivity index (χ3v) is 2.37. The van der Waals surface area contributed by atoms with Crippen molar-refractivity contribution in [3.05, 3.63) is 37.1 Å². The van der Waals surface area contributed by atoms with Crippen molar-refractivity contribution in [1.82, 2.24) is 4.90 Å². The van der Waals surface area contributed by atoms with Crippen LogP contribution in [0.5, 0.6) is 0 Å². The molecule has 0 spiro atoms. The Balaban J connectivity index is 2.55. The molecule has 0 heterocycles. The minimum atomic E-state index is 0.942. The molecule has 0 radical (unpaired) electrons. The lowest BCUT2D eigenvalue weighted by Crippen LogP contribution is -2.24. The van der Waals surface area contributed by atoms with Gasteiger partial charge in [-0.2, -0.15) is 0 Å². The van der Waals surface area contributed by atoms with E-state index < -0.39 is 0 Å². The first-order valence-electron chi connectivity index (χ1n) is 5.04. The van der Waals surface area contributed by atoms with Crippen LogP contribution in [0.3, 0.4) is 0 Å². The average molecular weight is 177 g/mol. The van der Waals surface area contributed by atoms with Crippen LogP contribution in [0.4, 0.5) is 0 Å². The minimum absolute atomic E-state index is 0.942. The van der Waals surface area contributed by atoms with Gasteiger partial charge in [0.05, 0.1) is 0 Å². The van der Waals surface area contributed by atoms with Crippen LogP contribution in [0.2, 0.25) is 0 Å². The fourth-order valence-electron chi connectivity index (χ4n) is 1.73. The minimum Gasteiger partial charge on any atom is -0.368 e. The summed E-state index contributed by atoms with van der Waals surface area (Å²) in [5.41, 5.74) is 1.48. The molecule has 0 saturated carbocycles. The molecule has 0 atom stereocenters. The van der Waals surface area contributed by atoms with E-state index in [-0.39, 0.29) is 0 Å². The largest absolute Gasteiger partial charge is 0.368 e. The molecule has 0 bridgehead atoms. The third kappa shape index (κ3) is 3.10. The average Bonchev–Trinajstić information content (AvgIpc) is 2.19. The summed E-state index contributed by atoms with van der Waals surface area (Å²) in [5, 5.41) is 0. The Morgan fingerprint density at radius 3 is 2.38 bits per heavy atom. The molecule has 1 aliphatic rings. The molecule has 72 valence electrons. The maximum absolute atomic E-state index is 3.77. The molecule has 0 amide bonds. The van der Waals surface area contributed by atoms with Gasteiger partial charge in [-0.15, -0.1) is 13.2 Å². The first-order chi connectivity index (χ1) is 6.38. The molecule has 0 aliphatic heterocycles. The molecule has 0 aromatic heterocycles. The van der Waals surface area contributed by atoms with Gasteiger partial charge in [0.1, 0.15) is 0 Å². The highest BCUT2D eigenvalue weighted by Gasteiger charge is 2.08. The Labute approximate surface area is 81.4 Å². The van der Waals surface area contributed by atoms with Crippen molar-refractivity contribution in [3.8, 4) is 0 Å². The van der Waals surface area contributed by atoms with Crippen molar-refractivity contribution in [2.24, 2.45) is 0 Å². The van der Waals surface area contributed by atoms with E-state index in [0.717, 1.165) is 13.1 Å². The van der Waals surface area contributed by atoms with Crippen LogP contribution in [-0.2, 0) is 0 Å². The summed E-state index contributed by atoms with van der Waals surface area (Å²) in [7, 11) is 0. The molecule has 0 aromatic rings. The van der Waals surface area contributed by atoms with Crippen molar-refractivity contribution in [2.45, 2.75) is 25.7 Å². The number of hydrogen-bond acceptors (Lipinski definition) is 1. The van der Waals surface area contributed by atoms with Crippen LogP contribution in [-0.4, -0.2) is 18.0 Å². The Hall–Kier alpha value is -0.980. The van der Waals surface area contributed by atoms with Crippen LogP contribution in [0.25, 0.3) is 0 Å². The van der Waals surface area contributed by atoms with Crippen LogP contribution in [0.1, 0.15) is 25.7 Å². The summed E-state index contributed by atoms with van der Waals surface area (Å²) < 4.78 is 0. The first-order valence-corrected chi connectivity index (χ1v) is 5.04. The van der Waals surface area contributed by atoms with Gasteiger partial charge in [-0.1, -0.05) is 18.2 Å². The van der Waals surface area contributed by atoms with Crippen LogP contribution < -0.4 is 0 Å². The number of nitrogens with zero attached hydrogens (tertiary/aromatic N) is 1. The number of allylic oxidation sites excluding steroid dienone is 2. The Kier molecular flexibility index (Phi) is 4.37. The smallest absolute Gasteiger partial charge is 0.0357 e. The Morgan fingerprint density at radius 2 is 1.92 bits per heavy atom. The fourth-order valence-corrected chi connectivity index (χ4v) is 1.73. The van der Waals surface area contributed by atoms with Gasteiger partial charge in [0.2, 0.25) is 0 Å². The standard InChI is InChI=1S/C12H19N/c1-3-10-13(11-4-2)12-8-6-5-7-9-12/h3-4,8H,1-2,5-7,9-11H2. The molecule has 1 aliphatic carbocycles. The first kappa shape index (κ1) is 10.1. The highest BCUT2D eigenvalue weighted by Crippen LogP contribution is 2.20. The van der Waals surface area contributed by atoms with E-state index in [4.69, 9.17) is 0 Å². The second kappa shape index (κ2) is 5.63. The summed E-state index contributed by atoms with van der Waals surface area (Å²) in [6.07, 6.45) is 11.4. The predicted octanol–water partition coefficient (Wildman–Crippen LogP) is 3.12. The molecule has 1 rings (SSSR count). The molecule has 0 unspecified atom stereocenters. The van der Waals surface area contributed by atoms with Crippen LogP contribution in [0, 0.1) is 0 Å². The second-order valence-electron chi connectivity index (χ2n) is 3.42. The zero-order valence-electron chi connectivity index (χ0n) is 8.34. The SMILES string of the molecule is C=CCN(CC=C)C1=CCCCC1. The fraction of sp³-hybridized carbons (Fsp3) is 0.500. The summed E-state index contributed by atoms with van der Waals surface area (Å²) in [6.45, 7) is 9.43. The van der Waals surface area contributed by atoms with Crippen molar-refractivity contribution in [2.75, 3.05) is 13.1 Å². The van der Waals surface area contributed by atoms with E-state index >= 15 is 0 Å². The lowest BCUT2D eigenvalue weighted by Gasteiger charge is -2.27. The zero-order valence-corrected chi connectivity index (χ0v) is 8.34. The second-order valence-corrected chi connectivity index (χ2v) is 3.42. The topological polar surface area (TPSA) is 3.24 Å². The molecular weight excluding hydrogens is 158 g/mol. The molecule has 0 saturated heterocycles. The maximum Gasteiger partial charge on any atom is 0.0357 e. The van der Waals surface area contributed by atoms with Gasteiger partial charge in [-0.25, -0.2) is 0 Å². The van der Waals surface area contributed by atoms with E-state index in [1.165, 1.54) is 31.4 Å². The number of hydrogen-bond donors (Lipinski definition) is 0. The lowest BCUT2D eigenvalue weighted by atomic mass is 10.0. The quantitative estimate of drug-likeness (QED) is 0.583. The monoisotopic (exact) mass is 177 g/mol. The van der Waals surface area contributed by atoms with E-state index in [2.05, 4.69) is 24.1 Å². The Morgan fingerprint density at radius 1 is 1.23 bits per heavy atom. The normalized spacial score (nSPS) is 16.2. The van der Waals surface area contributed by atoms with Gasteiger partial charge in [0.15, 0.2) is 0 Å². The van der Waals surface area contributed by atoms with Gasteiger partial charge in [0.25, 0.3) is 0 Å². The lowest BCUT2D eigenvalue weighted by molar-refractivity contribution is 0.388. The predicted molar refractivity (Wildman–Crippen MR) is 58.5 cm³/mol. The van der Waals surface area contributed by atoms with Crippen LogP contribution >= 0.6 is 0 Å². The van der Waals surface area contributed by atoms with Gasteiger partial charge in [-0.05, 0) is 25.7 Å². The summed E-state index contributed by atoms with van der Waals surface area (Å²) >= 11 is 0. The van der Waals surface area contributed by atoms with Crippen LogP contribution in [0.15, 0.2) is 37.1 Å². The highest BCUT2D eigenvalue weighted by atomic mass is 15.1. The van der Waals surface area contributed by atoms with Crippen molar-refractivity contribution < 1.29 is 0 Å². The molecule has 0 N–H and O–H groups in total. The summed E-state index contributed by atoms with van der Waals surface area (Å²) in [4.78, 5) is 2.35. The molecule has 1 nitrogen and oxygen atoms in total. The van der Waals surface area contributed by atoms with Crippen molar-refractivity contribution in [3.63, 3.8) is 0 Å². The summed E-state index contributed by atoms with van der Waals surface area (Å²) in [6, 6.07) is 0. The molecule has 13 heavy (non-hydrogen) atoms. The van der Waals surface area contributed by atoms with E-state index in [0.29, 0.717) is 0 Å². The third-order valence-electron chi connectivity index (χ3n) is 2.37. The molecular formula is C12H19N. The molecule has 0 fully saturated rings. The van der Waals surface area contributed by atoms with Crippen molar-refractivity contribution >= 4 is 0 Å². The van der Waals surface area contributed by atoms with E-state index in [9.17, 15) is 0 Å². The van der Waals surface area contributed by atoms with Gasteiger partial charge >= 0.3 is 0 Å². The zero-order chi connectivity index (χ0) is 9.52. The Bertz CT molecular complexity index is 193. The summed E-state index contributed by atoms with van der Waals surface area (Å²) in [5.74, 6) is 0.